The third kappa shape index (κ3) is 5.82. The zero-order valence-corrected chi connectivity index (χ0v) is 16.8. The van der Waals surface area contributed by atoms with E-state index in [1.165, 1.54) is 0 Å². The standard InChI is InChI=1S/C24H26N2O3/c1-17-15-18(2)26-24(28)22(17)16-25-23(27)20-12-10-19(11-13-20)7-6-14-29-21-8-4-3-5-9-21/h3-5,8-13,15H,6-7,14,16H2,1-2H3,(H,25,27)(H,26,28). The van der Waals surface area contributed by atoms with Gasteiger partial charge in [0.2, 0.25) is 5.88 Å². The van der Waals surface area contributed by atoms with Crippen LogP contribution in [-0.2, 0) is 13.0 Å². The topological polar surface area (TPSA) is 71.5 Å². The molecule has 1 amide bonds. The monoisotopic (exact) mass is 390 g/mol. The van der Waals surface area contributed by atoms with E-state index in [0.717, 1.165) is 35.4 Å². The van der Waals surface area contributed by atoms with E-state index in [-0.39, 0.29) is 18.3 Å². The van der Waals surface area contributed by atoms with Gasteiger partial charge in [-0.1, -0.05) is 30.3 Å². The van der Waals surface area contributed by atoms with Crippen LogP contribution in [0.1, 0.15) is 39.2 Å². The molecule has 0 saturated carbocycles. The molecule has 0 radical (unpaired) electrons. The average molecular weight is 390 g/mol. The zero-order chi connectivity index (χ0) is 20.6. The largest absolute Gasteiger partial charge is 0.494 e. The molecule has 29 heavy (non-hydrogen) atoms. The number of nitrogens with one attached hydrogen (secondary N) is 1. The Bertz CT molecular complexity index is 931. The first kappa shape index (κ1) is 20.4. The fraction of sp³-hybridized carbons (Fsp3) is 0.250. The van der Waals surface area contributed by atoms with Gasteiger partial charge in [0.05, 0.1) is 6.61 Å². The number of aryl methyl sites for hydroxylation is 3. The SMILES string of the molecule is Cc1cc(C)c(CNC(=O)c2ccc(CCCOc3ccccc3)cc2)c(O)n1. The van der Waals surface area contributed by atoms with Crippen LogP contribution < -0.4 is 10.1 Å². The third-order valence-electron chi connectivity index (χ3n) is 4.72. The first-order valence-corrected chi connectivity index (χ1v) is 9.74. The highest BCUT2D eigenvalue weighted by Gasteiger charge is 2.11. The minimum atomic E-state index is -0.177. The number of amides is 1. The van der Waals surface area contributed by atoms with Crippen LogP contribution in [0.25, 0.3) is 0 Å². The smallest absolute Gasteiger partial charge is 0.251 e. The number of hydrogen-bond acceptors (Lipinski definition) is 4. The number of carbonyl (C=O) groups excluding carboxylic acids is 1. The molecule has 5 nitrogen and oxygen atoms in total. The van der Waals surface area contributed by atoms with E-state index in [2.05, 4.69) is 10.3 Å². The van der Waals surface area contributed by atoms with Crippen LogP contribution in [0.3, 0.4) is 0 Å². The summed E-state index contributed by atoms with van der Waals surface area (Å²) in [5.41, 5.74) is 4.04. The maximum Gasteiger partial charge on any atom is 0.251 e. The van der Waals surface area contributed by atoms with Crippen molar-refractivity contribution in [2.75, 3.05) is 6.61 Å². The summed E-state index contributed by atoms with van der Waals surface area (Å²) in [6.45, 7) is 4.61. The molecule has 0 spiro atoms. The summed E-state index contributed by atoms with van der Waals surface area (Å²) < 4.78 is 5.70. The van der Waals surface area contributed by atoms with Gasteiger partial charge in [-0.25, -0.2) is 4.98 Å². The molecule has 0 saturated heterocycles. The molecule has 1 heterocycles. The van der Waals surface area contributed by atoms with Crippen molar-refractivity contribution < 1.29 is 14.6 Å². The van der Waals surface area contributed by atoms with Crippen LogP contribution in [-0.4, -0.2) is 22.6 Å². The van der Waals surface area contributed by atoms with E-state index in [9.17, 15) is 9.90 Å². The second-order valence-electron chi connectivity index (χ2n) is 7.03. The highest BCUT2D eigenvalue weighted by atomic mass is 16.5. The quantitative estimate of drug-likeness (QED) is 0.561. The number of pyridine rings is 1. The summed E-state index contributed by atoms with van der Waals surface area (Å²) in [5.74, 6) is 0.670. The van der Waals surface area contributed by atoms with Gasteiger partial charge < -0.3 is 15.2 Å². The Hall–Kier alpha value is -3.34. The molecule has 5 heteroatoms. The summed E-state index contributed by atoms with van der Waals surface area (Å²) in [5, 5.41) is 12.8. The Kier molecular flexibility index (Phi) is 6.85. The number of aromatic nitrogens is 1. The maximum atomic E-state index is 12.4. The minimum absolute atomic E-state index is 0.0316. The van der Waals surface area contributed by atoms with Crippen LogP contribution in [0.4, 0.5) is 0 Å². The van der Waals surface area contributed by atoms with Crippen LogP contribution in [0.5, 0.6) is 11.6 Å². The number of ether oxygens (including phenoxy) is 1. The molecule has 3 aromatic rings. The number of carbonyl (C=O) groups is 1. The van der Waals surface area contributed by atoms with Gasteiger partial charge in [-0.15, -0.1) is 0 Å². The Morgan fingerprint density at radius 2 is 1.79 bits per heavy atom. The van der Waals surface area contributed by atoms with Crippen molar-refractivity contribution in [3.05, 3.63) is 88.6 Å². The fourth-order valence-electron chi connectivity index (χ4n) is 3.14. The average Bonchev–Trinajstić information content (AvgIpc) is 2.71. The van der Waals surface area contributed by atoms with Crippen molar-refractivity contribution >= 4 is 5.91 Å². The molecular weight excluding hydrogens is 364 g/mol. The number of para-hydroxylation sites is 1. The number of rotatable bonds is 8. The second kappa shape index (κ2) is 9.73. The summed E-state index contributed by atoms with van der Waals surface area (Å²) in [4.78, 5) is 16.4. The Morgan fingerprint density at radius 3 is 2.48 bits per heavy atom. The van der Waals surface area contributed by atoms with E-state index in [1.807, 2.05) is 74.5 Å². The number of benzene rings is 2. The number of nitrogens with zero attached hydrogens (tertiary/aromatic N) is 1. The van der Waals surface area contributed by atoms with Crippen molar-refractivity contribution in [1.29, 1.82) is 0 Å². The molecule has 0 aliphatic rings. The van der Waals surface area contributed by atoms with Crippen molar-refractivity contribution in [2.45, 2.75) is 33.2 Å². The molecule has 0 unspecified atom stereocenters. The Morgan fingerprint density at radius 1 is 1.07 bits per heavy atom. The lowest BCUT2D eigenvalue weighted by molar-refractivity contribution is 0.0950. The number of aromatic hydroxyl groups is 1. The van der Waals surface area contributed by atoms with Gasteiger partial charge in [-0.05, 0) is 68.1 Å². The molecule has 0 bridgehead atoms. The van der Waals surface area contributed by atoms with Crippen LogP contribution in [0.15, 0.2) is 60.7 Å². The zero-order valence-electron chi connectivity index (χ0n) is 16.8. The lowest BCUT2D eigenvalue weighted by Gasteiger charge is -2.11. The molecule has 1 aromatic heterocycles. The van der Waals surface area contributed by atoms with Crippen molar-refractivity contribution in [3.8, 4) is 11.6 Å². The highest BCUT2D eigenvalue weighted by Crippen LogP contribution is 2.19. The van der Waals surface area contributed by atoms with Crippen LogP contribution in [0, 0.1) is 13.8 Å². The maximum absolute atomic E-state index is 12.4. The van der Waals surface area contributed by atoms with Crippen LogP contribution >= 0.6 is 0 Å². The van der Waals surface area contributed by atoms with E-state index in [0.29, 0.717) is 17.7 Å². The molecule has 2 aromatic carbocycles. The first-order valence-electron chi connectivity index (χ1n) is 9.74. The second-order valence-corrected chi connectivity index (χ2v) is 7.03. The summed E-state index contributed by atoms with van der Waals surface area (Å²) in [7, 11) is 0. The van der Waals surface area contributed by atoms with Gasteiger partial charge >= 0.3 is 0 Å². The molecule has 0 fully saturated rings. The van der Waals surface area contributed by atoms with Gasteiger partial charge in [-0.3, -0.25) is 4.79 Å². The van der Waals surface area contributed by atoms with Crippen molar-refractivity contribution in [1.82, 2.24) is 10.3 Å². The summed E-state index contributed by atoms with van der Waals surface area (Å²) in [6.07, 6.45) is 1.79. The minimum Gasteiger partial charge on any atom is -0.494 e. The van der Waals surface area contributed by atoms with Crippen molar-refractivity contribution in [3.63, 3.8) is 0 Å². The highest BCUT2D eigenvalue weighted by molar-refractivity contribution is 5.94. The molecule has 150 valence electrons. The van der Waals surface area contributed by atoms with E-state index in [4.69, 9.17) is 4.74 Å². The van der Waals surface area contributed by atoms with Gasteiger partial charge in [0.15, 0.2) is 0 Å². The van der Waals surface area contributed by atoms with E-state index >= 15 is 0 Å². The molecule has 2 N–H and O–H groups in total. The molecule has 0 aliphatic carbocycles. The van der Waals surface area contributed by atoms with Gasteiger partial charge in [0, 0.05) is 23.4 Å². The summed E-state index contributed by atoms with van der Waals surface area (Å²) >= 11 is 0. The molecule has 0 aliphatic heterocycles. The van der Waals surface area contributed by atoms with E-state index < -0.39 is 0 Å². The molecule has 3 rings (SSSR count). The predicted molar refractivity (Wildman–Crippen MR) is 113 cm³/mol. The summed E-state index contributed by atoms with van der Waals surface area (Å²) in [6, 6.07) is 19.2. The first-order chi connectivity index (χ1) is 14.0. The molecule has 0 atom stereocenters. The normalized spacial score (nSPS) is 10.6. The lowest BCUT2D eigenvalue weighted by Crippen LogP contribution is -2.23. The predicted octanol–water partition coefficient (Wildman–Crippen LogP) is 4.35. The van der Waals surface area contributed by atoms with Gasteiger partial charge in [-0.2, -0.15) is 0 Å². The van der Waals surface area contributed by atoms with Gasteiger partial charge in [0.25, 0.3) is 5.91 Å². The Balaban J connectivity index is 1.47. The van der Waals surface area contributed by atoms with Crippen molar-refractivity contribution in [2.24, 2.45) is 0 Å². The van der Waals surface area contributed by atoms with E-state index in [1.54, 1.807) is 0 Å². The third-order valence-corrected chi connectivity index (χ3v) is 4.72. The van der Waals surface area contributed by atoms with Gasteiger partial charge in [0.1, 0.15) is 5.75 Å². The fourth-order valence-corrected chi connectivity index (χ4v) is 3.14. The number of hydrogen-bond donors (Lipinski definition) is 2. The molecular formula is C24H26N2O3. The lowest BCUT2D eigenvalue weighted by atomic mass is 10.1. The van der Waals surface area contributed by atoms with Crippen LogP contribution in [0.2, 0.25) is 0 Å². The Labute approximate surface area is 171 Å².